The number of hydrogen-bond acceptors (Lipinski definition) is 2. The molecule has 3 unspecified atom stereocenters. The Bertz CT molecular complexity index is 822. The van der Waals surface area contributed by atoms with E-state index in [0.29, 0.717) is 17.0 Å². The lowest BCUT2D eigenvalue weighted by atomic mass is 9.48. The van der Waals surface area contributed by atoms with E-state index in [1.807, 2.05) is 12.3 Å². The van der Waals surface area contributed by atoms with E-state index in [2.05, 4.69) is 37.9 Å². The molecule has 0 aliphatic heterocycles. The van der Waals surface area contributed by atoms with Crippen molar-refractivity contribution in [1.82, 2.24) is 4.98 Å². The van der Waals surface area contributed by atoms with Gasteiger partial charge in [0.05, 0.1) is 0 Å². The lowest BCUT2D eigenvalue weighted by Crippen LogP contribution is -2.49. The predicted octanol–water partition coefficient (Wildman–Crippen LogP) is 7.82. The molecular formula is C30H44N2. The maximum absolute atomic E-state index is 9.04. The Morgan fingerprint density at radius 3 is 2.66 bits per heavy atom. The number of hydrogen-bond donors (Lipinski definition) is 0. The quantitative estimate of drug-likeness (QED) is 0.475. The van der Waals surface area contributed by atoms with Gasteiger partial charge in [-0.05, 0) is 122 Å². The van der Waals surface area contributed by atoms with Crippen molar-refractivity contribution in [2.24, 2.45) is 52.8 Å². The Morgan fingerprint density at radius 2 is 1.91 bits per heavy atom. The van der Waals surface area contributed by atoms with Gasteiger partial charge in [-0.15, -0.1) is 0 Å². The molecular weight excluding hydrogens is 388 g/mol. The molecule has 0 saturated heterocycles. The minimum Gasteiger partial charge on any atom is -0.245 e. The summed E-state index contributed by atoms with van der Waals surface area (Å²) in [5.74, 6) is 7.76. The second-order valence-electron chi connectivity index (χ2n) is 12.5. The lowest BCUT2D eigenvalue weighted by molar-refractivity contribution is -0.0740. The highest BCUT2D eigenvalue weighted by Gasteiger charge is 2.57. The van der Waals surface area contributed by atoms with Crippen molar-refractivity contribution in [3.63, 3.8) is 0 Å². The molecule has 9 atom stereocenters. The van der Waals surface area contributed by atoms with Crippen LogP contribution in [-0.2, 0) is 6.42 Å². The summed E-state index contributed by atoms with van der Waals surface area (Å²) in [6, 6.07) is 6.17. The largest absolute Gasteiger partial charge is 0.245 e. The van der Waals surface area contributed by atoms with Gasteiger partial charge in [-0.25, -0.2) is 4.98 Å². The third-order valence-electron chi connectivity index (χ3n) is 11.0. The molecule has 0 amide bonds. The van der Waals surface area contributed by atoms with E-state index in [1.54, 1.807) is 12.8 Å². The van der Waals surface area contributed by atoms with Gasteiger partial charge in [0.1, 0.15) is 11.8 Å². The van der Waals surface area contributed by atoms with Crippen molar-refractivity contribution < 1.29 is 0 Å². The topological polar surface area (TPSA) is 36.7 Å². The average Bonchev–Trinajstić information content (AvgIpc) is 3.17. The Morgan fingerprint density at radius 1 is 1.06 bits per heavy atom. The van der Waals surface area contributed by atoms with Crippen LogP contribution in [0.2, 0.25) is 0 Å². The molecule has 4 aliphatic rings. The Labute approximate surface area is 196 Å². The molecule has 5 rings (SSSR count). The van der Waals surface area contributed by atoms with E-state index in [4.69, 9.17) is 5.26 Å². The number of pyridine rings is 1. The molecule has 2 nitrogen and oxygen atoms in total. The van der Waals surface area contributed by atoms with E-state index in [-0.39, 0.29) is 0 Å². The second-order valence-corrected chi connectivity index (χ2v) is 12.5. The first kappa shape index (κ1) is 22.4. The molecule has 2 heteroatoms. The lowest BCUT2D eigenvalue weighted by Gasteiger charge is -2.57. The van der Waals surface area contributed by atoms with E-state index in [9.17, 15) is 0 Å². The number of nitriles is 1. The highest BCUT2D eigenvalue weighted by Crippen LogP contribution is 2.65. The molecule has 174 valence electrons. The van der Waals surface area contributed by atoms with Crippen molar-refractivity contribution >= 4 is 0 Å². The molecule has 4 aliphatic carbocycles. The highest BCUT2D eigenvalue weighted by molar-refractivity contribution is 5.23. The molecule has 1 aromatic rings. The standard InChI is InChI=1S/C30H44N2/c1-4-5-21-7-10-25-23(17-21)8-11-27-26(25)14-15-30(3)28(12-13-29(27)30)20(2)16-22-6-9-24(18-31)32-19-22/h6,9,19-21,23,25-29H,4-5,7-8,10-17H2,1-3H3/t20-,21+,23-,25+,26?,27-,28?,29?,30-/m1/s1. The number of aromatic nitrogens is 1. The van der Waals surface area contributed by atoms with E-state index < -0.39 is 0 Å². The summed E-state index contributed by atoms with van der Waals surface area (Å²) < 4.78 is 0. The fraction of sp³-hybridized carbons (Fsp3) is 0.800. The van der Waals surface area contributed by atoms with Crippen molar-refractivity contribution in [3.05, 3.63) is 29.6 Å². The molecule has 0 spiro atoms. The number of nitrogens with zero attached hydrogens (tertiary/aromatic N) is 2. The maximum atomic E-state index is 9.04. The molecule has 4 fully saturated rings. The highest BCUT2D eigenvalue weighted by atomic mass is 14.7. The fourth-order valence-electron chi connectivity index (χ4n) is 9.72. The van der Waals surface area contributed by atoms with Crippen LogP contribution >= 0.6 is 0 Å². The summed E-state index contributed by atoms with van der Waals surface area (Å²) in [6.45, 7) is 7.55. The third-order valence-corrected chi connectivity index (χ3v) is 11.0. The Kier molecular flexibility index (Phi) is 6.39. The first-order valence-electron chi connectivity index (χ1n) is 13.9. The maximum Gasteiger partial charge on any atom is 0.140 e. The van der Waals surface area contributed by atoms with Gasteiger partial charge in [0, 0.05) is 6.20 Å². The summed E-state index contributed by atoms with van der Waals surface area (Å²) >= 11 is 0. The molecule has 0 bridgehead atoms. The predicted molar refractivity (Wildman–Crippen MR) is 131 cm³/mol. The van der Waals surface area contributed by atoms with Crippen molar-refractivity contribution in [1.29, 1.82) is 5.26 Å². The first-order chi connectivity index (χ1) is 15.5. The molecule has 0 radical (unpaired) electrons. The van der Waals surface area contributed by atoms with Gasteiger partial charge in [0.15, 0.2) is 0 Å². The van der Waals surface area contributed by atoms with Gasteiger partial charge in [-0.3, -0.25) is 0 Å². The van der Waals surface area contributed by atoms with E-state index in [0.717, 1.165) is 47.8 Å². The number of rotatable bonds is 5. The van der Waals surface area contributed by atoms with Crippen LogP contribution < -0.4 is 0 Å². The van der Waals surface area contributed by atoms with Gasteiger partial charge < -0.3 is 0 Å². The van der Waals surface area contributed by atoms with Crippen LogP contribution in [0.4, 0.5) is 0 Å². The Balaban J connectivity index is 1.26. The van der Waals surface area contributed by atoms with Gasteiger partial charge in [-0.2, -0.15) is 5.26 Å². The van der Waals surface area contributed by atoms with E-state index in [1.165, 1.54) is 63.4 Å². The average molecular weight is 433 g/mol. The van der Waals surface area contributed by atoms with Crippen molar-refractivity contribution in [2.45, 2.75) is 97.8 Å². The zero-order chi connectivity index (χ0) is 22.3. The van der Waals surface area contributed by atoms with Crippen LogP contribution in [0.3, 0.4) is 0 Å². The van der Waals surface area contributed by atoms with Crippen LogP contribution in [0.5, 0.6) is 0 Å². The first-order valence-corrected chi connectivity index (χ1v) is 13.9. The molecule has 1 aromatic heterocycles. The van der Waals surface area contributed by atoms with Crippen LogP contribution in [0.25, 0.3) is 0 Å². The zero-order valence-electron chi connectivity index (χ0n) is 20.7. The van der Waals surface area contributed by atoms with Crippen molar-refractivity contribution in [3.8, 4) is 6.07 Å². The van der Waals surface area contributed by atoms with Crippen LogP contribution in [0, 0.1) is 64.1 Å². The molecule has 32 heavy (non-hydrogen) atoms. The molecule has 1 heterocycles. The summed E-state index contributed by atoms with van der Waals surface area (Å²) in [6.07, 6.45) is 19.5. The molecule has 4 saturated carbocycles. The minimum absolute atomic E-state index is 0.534. The summed E-state index contributed by atoms with van der Waals surface area (Å²) in [5, 5.41) is 9.04. The minimum atomic E-state index is 0.534. The van der Waals surface area contributed by atoms with Gasteiger partial charge >= 0.3 is 0 Å². The third kappa shape index (κ3) is 3.93. The summed E-state index contributed by atoms with van der Waals surface area (Å²) in [4.78, 5) is 4.32. The van der Waals surface area contributed by atoms with E-state index >= 15 is 0 Å². The zero-order valence-corrected chi connectivity index (χ0v) is 20.7. The molecule has 0 N–H and O–H groups in total. The van der Waals surface area contributed by atoms with Crippen LogP contribution in [0.1, 0.15) is 103 Å². The summed E-state index contributed by atoms with van der Waals surface area (Å²) in [5.41, 5.74) is 2.39. The van der Waals surface area contributed by atoms with Gasteiger partial charge in [0.25, 0.3) is 0 Å². The summed E-state index contributed by atoms with van der Waals surface area (Å²) in [7, 11) is 0. The normalized spacial score (nSPS) is 41.8. The fourth-order valence-corrected chi connectivity index (χ4v) is 9.72. The smallest absolute Gasteiger partial charge is 0.140 e. The second kappa shape index (κ2) is 9.12. The van der Waals surface area contributed by atoms with Crippen LogP contribution in [-0.4, -0.2) is 4.98 Å². The van der Waals surface area contributed by atoms with Crippen LogP contribution in [0.15, 0.2) is 18.3 Å². The van der Waals surface area contributed by atoms with Gasteiger partial charge in [0.2, 0.25) is 0 Å². The Hall–Kier alpha value is -1.36. The molecule has 0 aromatic carbocycles. The van der Waals surface area contributed by atoms with Crippen molar-refractivity contribution in [2.75, 3.05) is 0 Å². The monoisotopic (exact) mass is 432 g/mol. The SMILES string of the molecule is CCC[C@H]1CC[C@@H]2C3CC[C@@]4(C)C(CCC4[C@H](C)Cc4ccc(C#N)nc4)[C@@H]3CC[C@@H]2C1. The van der Waals surface area contributed by atoms with Gasteiger partial charge in [-0.1, -0.05) is 46.1 Å². The number of fused-ring (bicyclic) bond motifs is 5.